The minimum absolute atomic E-state index is 0.0258. The van der Waals surface area contributed by atoms with E-state index in [-0.39, 0.29) is 6.29 Å². The SMILES string of the molecule is O=C(O)CC(O)(CC(=O)O)C(=O)O.O=C(O)CC(O)(CC(=O)O)C(=O)O.O=C[C@H](O)[C@@H](O)[C@H](O)[C@H](O)CO. The number of hydrogen-bond donors (Lipinski definition) is 13. The average molecular weight is 564 g/mol. The van der Waals surface area contributed by atoms with E-state index in [0.29, 0.717) is 0 Å². The van der Waals surface area contributed by atoms with Crippen molar-refractivity contribution in [1.29, 1.82) is 0 Å². The molecule has 0 radical (unpaired) electrons. The zero-order valence-corrected chi connectivity index (χ0v) is 19.1. The molecule has 0 rings (SSSR count). The molecule has 0 saturated heterocycles. The van der Waals surface area contributed by atoms with Gasteiger partial charge in [0.15, 0.2) is 17.5 Å². The van der Waals surface area contributed by atoms with Crippen molar-refractivity contribution in [2.24, 2.45) is 0 Å². The van der Waals surface area contributed by atoms with Gasteiger partial charge in [-0.15, -0.1) is 0 Å². The van der Waals surface area contributed by atoms with Gasteiger partial charge in [0.1, 0.15) is 24.4 Å². The van der Waals surface area contributed by atoms with Crippen LogP contribution in [0.2, 0.25) is 0 Å². The van der Waals surface area contributed by atoms with E-state index < -0.39 is 104 Å². The van der Waals surface area contributed by atoms with Gasteiger partial charge in [-0.3, -0.25) is 19.2 Å². The molecule has 220 valence electrons. The number of hydrogen-bond acceptors (Lipinski definition) is 14. The topological polar surface area (TPSA) is 382 Å². The molecule has 0 unspecified atom stereocenters. The molecule has 0 aromatic carbocycles. The van der Waals surface area contributed by atoms with Crippen molar-refractivity contribution < 1.29 is 99.9 Å². The fourth-order valence-electron chi connectivity index (χ4n) is 2.05. The van der Waals surface area contributed by atoms with Crippen molar-refractivity contribution in [2.45, 2.75) is 61.3 Å². The molecular weight excluding hydrogens is 536 g/mol. The van der Waals surface area contributed by atoms with Gasteiger partial charge < -0.3 is 71.2 Å². The van der Waals surface area contributed by atoms with Crippen LogP contribution in [0.1, 0.15) is 25.7 Å². The van der Waals surface area contributed by atoms with Crippen molar-refractivity contribution in [3.05, 3.63) is 0 Å². The van der Waals surface area contributed by atoms with Crippen LogP contribution in [0.4, 0.5) is 0 Å². The van der Waals surface area contributed by atoms with Gasteiger partial charge in [0.2, 0.25) is 0 Å². The molecule has 13 N–H and O–H groups in total. The fourth-order valence-corrected chi connectivity index (χ4v) is 2.05. The van der Waals surface area contributed by atoms with Crippen LogP contribution in [0.15, 0.2) is 0 Å². The first kappa shape index (κ1) is 38.7. The molecular formula is C18H28O20. The Balaban J connectivity index is -0.000000484. The van der Waals surface area contributed by atoms with Crippen LogP contribution in [0, 0.1) is 0 Å². The molecule has 0 bridgehead atoms. The predicted molar refractivity (Wildman–Crippen MR) is 111 cm³/mol. The summed E-state index contributed by atoms with van der Waals surface area (Å²) in [4.78, 5) is 70.9. The summed E-state index contributed by atoms with van der Waals surface area (Å²) in [5.41, 5.74) is -5.48. The second-order valence-corrected chi connectivity index (χ2v) is 7.31. The summed E-state index contributed by atoms with van der Waals surface area (Å²) in [6.45, 7) is -0.760. The van der Waals surface area contributed by atoms with Crippen LogP contribution >= 0.6 is 0 Å². The molecule has 0 aliphatic carbocycles. The van der Waals surface area contributed by atoms with Crippen LogP contribution in [0.3, 0.4) is 0 Å². The molecule has 0 heterocycles. The zero-order chi connectivity index (χ0) is 31.0. The van der Waals surface area contributed by atoms with Gasteiger partial charge in [-0.1, -0.05) is 0 Å². The number of aldehydes is 1. The Morgan fingerprint density at radius 3 is 1.00 bits per heavy atom. The zero-order valence-electron chi connectivity index (χ0n) is 19.1. The third-order valence-electron chi connectivity index (χ3n) is 3.99. The minimum Gasteiger partial charge on any atom is -0.481 e. The Bertz CT molecular complexity index is 752. The molecule has 38 heavy (non-hydrogen) atoms. The summed E-state index contributed by atoms with van der Waals surface area (Å²) in [7, 11) is 0. The van der Waals surface area contributed by atoms with E-state index in [1.54, 1.807) is 0 Å². The van der Waals surface area contributed by atoms with E-state index in [2.05, 4.69) is 0 Å². The van der Waals surface area contributed by atoms with Crippen LogP contribution in [0.25, 0.3) is 0 Å². The number of aliphatic hydroxyl groups excluding tert-OH is 5. The lowest BCUT2D eigenvalue weighted by Gasteiger charge is -2.22. The van der Waals surface area contributed by atoms with Crippen LogP contribution in [-0.2, 0) is 33.6 Å². The lowest BCUT2D eigenvalue weighted by molar-refractivity contribution is -0.170. The van der Waals surface area contributed by atoms with Crippen LogP contribution in [-0.4, -0.2) is 151 Å². The average Bonchev–Trinajstić information content (AvgIpc) is 2.75. The number of aliphatic carboxylic acids is 6. The highest BCUT2D eigenvalue weighted by atomic mass is 16.4. The van der Waals surface area contributed by atoms with E-state index in [4.69, 9.17) is 66.4 Å². The van der Waals surface area contributed by atoms with Crippen molar-refractivity contribution in [1.82, 2.24) is 0 Å². The summed E-state index contributed by atoms with van der Waals surface area (Å²) in [5.74, 6) is -10.0. The number of carbonyl (C=O) groups is 7. The first-order valence-corrected chi connectivity index (χ1v) is 9.67. The van der Waals surface area contributed by atoms with Crippen molar-refractivity contribution in [3.63, 3.8) is 0 Å². The van der Waals surface area contributed by atoms with E-state index in [0.717, 1.165) is 0 Å². The second-order valence-electron chi connectivity index (χ2n) is 7.31. The maximum absolute atomic E-state index is 10.3. The fraction of sp³-hybridized carbons (Fsp3) is 0.611. The summed E-state index contributed by atoms with van der Waals surface area (Å²) in [5, 5.41) is 111. The normalized spacial score (nSPS) is 14.1. The monoisotopic (exact) mass is 564 g/mol. The van der Waals surface area contributed by atoms with E-state index >= 15 is 0 Å². The maximum atomic E-state index is 10.3. The van der Waals surface area contributed by atoms with Crippen LogP contribution in [0.5, 0.6) is 0 Å². The molecule has 0 aromatic heterocycles. The quantitative estimate of drug-likeness (QED) is 0.0823. The summed E-state index contributed by atoms with van der Waals surface area (Å²) in [6, 6.07) is 0. The molecule has 0 fully saturated rings. The van der Waals surface area contributed by atoms with Gasteiger partial charge in [0, 0.05) is 0 Å². The van der Waals surface area contributed by atoms with Gasteiger partial charge in [0.25, 0.3) is 0 Å². The maximum Gasteiger partial charge on any atom is 0.336 e. The number of rotatable bonds is 15. The lowest BCUT2D eigenvalue weighted by Crippen LogP contribution is -2.46. The second kappa shape index (κ2) is 17.6. The highest BCUT2D eigenvalue weighted by Gasteiger charge is 2.41. The van der Waals surface area contributed by atoms with Crippen LogP contribution < -0.4 is 0 Å². The van der Waals surface area contributed by atoms with Crippen molar-refractivity contribution >= 4 is 42.1 Å². The summed E-state index contributed by atoms with van der Waals surface area (Å²) >= 11 is 0. The van der Waals surface area contributed by atoms with Gasteiger partial charge in [-0.2, -0.15) is 0 Å². The van der Waals surface area contributed by atoms with Gasteiger partial charge in [-0.25, -0.2) is 9.59 Å². The molecule has 0 aromatic rings. The molecule has 20 heteroatoms. The number of carboxylic acid groups (broad SMARTS) is 6. The van der Waals surface area contributed by atoms with Gasteiger partial charge in [-0.05, 0) is 0 Å². The van der Waals surface area contributed by atoms with E-state index in [1.165, 1.54) is 0 Å². The summed E-state index contributed by atoms with van der Waals surface area (Å²) in [6.07, 6.45) is -11.4. The predicted octanol–water partition coefficient (Wildman–Crippen LogP) is -5.88. The highest BCUT2D eigenvalue weighted by Crippen LogP contribution is 2.16. The first-order valence-electron chi connectivity index (χ1n) is 9.67. The molecule has 0 saturated carbocycles. The smallest absolute Gasteiger partial charge is 0.336 e. The molecule has 0 amide bonds. The van der Waals surface area contributed by atoms with E-state index in [1.807, 2.05) is 0 Å². The standard InChI is InChI=1S/2C6H8O7.C6H12O6/c2*7-3(8)1-6(13,5(11)12)2-4(9)10;7-1-3(9)5(11)6(12)4(10)2-8/h2*13H,1-2H2,(H,7,8)(H,9,10)(H,11,12);1,3-6,8-12H,2H2/t;;3-,4+,5+,6+/m..0/s1. The third-order valence-corrected chi connectivity index (χ3v) is 3.99. The Hall–Kier alpha value is -3.79. The largest absolute Gasteiger partial charge is 0.481 e. The number of carboxylic acids is 6. The Morgan fingerprint density at radius 1 is 0.579 bits per heavy atom. The molecule has 0 aliphatic rings. The lowest BCUT2D eigenvalue weighted by atomic mass is 9.96. The Labute approximate surface area is 210 Å². The minimum atomic E-state index is -2.74. The third kappa shape index (κ3) is 16.1. The first-order chi connectivity index (χ1) is 17.1. The van der Waals surface area contributed by atoms with Crippen molar-refractivity contribution in [2.75, 3.05) is 6.61 Å². The van der Waals surface area contributed by atoms with E-state index in [9.17, 15) is 33.6 Å². The van der Waals surface area contributed by atoms with Crippen molar-refractivity contribution in [3.8, 4) is 0 Å². The molecule has 20 nitrogen and oxygen atoms in total. The molecule has 0 aliphatic heterocycles. The highest BCUT2D eigenvalue weighted by molar-refractivity contribution is 5.88. The number of carbonyl (C=O) groups excluding carboxylic acids is 1. The van der Waals surface area contributed by atoms with Gasteiger partial charge in [0.05, 0.1) is 32.3 Å². The Kier molecular flexibility index (Phi) is 18.0. The molecule has 4 atom stereocenters. The summed E-state index contributed by atoms with van der Waals surface area (Å²) < 4.78 is 0. The van der Waals surface area contributed by atoms with Gasteiger partial charge >= 0.3 is 35.8 Å². The Morgan fingerprint density at radius 2 is 0.842 bits per heavy atom. The molecule has 0 spiro atoms. The number of aliphatic hydroxyl groups is 7.